The molecule has 2 heterocycles. The Morgan fingerprint density at radius 3 is 2.65 bits per heavy atom. The van der Waals surface area contributed by atoms with Gasteiger partial charge in [-0.25, -0.2) is 0 Å². The van der Waals surface area contributed by atoms with E-state index in [1.54, 1.807) is 0 Å². The molecule has 0 bridgehead atoms. The molecule has 0 aliphatic carbocycles. The summed E-state index contributed by atoms with van der Waals surface area (Å²) in [5, 5.41) is 8.47. The van der Waals surface area contributed by atoms with E-state index >= 15 is 0 Å². The molecule has 0 spiro atoms. The van der Waals surface area contributed by atoms with E-state index in [1.807, 2.05) is 41.9 Å². The van der Waals surface area contributed by atoms with Gasteiger partial charge in [-0.1, -0.05) is 0 Å². The quantitative estimate of drug-likeness (QED) is 0.829. The molecule has 2 rings (SSSR count). The maximum absolute atomic E-state index is 5.75. The third-order valence-electron chi connectivity index (χ3n) is 2.63. The molecule has 0 saturated carbocycles. The molecule has 0 radical (unpaired) electrons. The Balaban J connectivity index is 1.89. The lowest BCUT2D eigenvalue weighted by molar-refractivity contribution is 0.613. The molecule has 2 aromatic rings. The van der Waals surface area contributed by atoms with Crippen LogP contribution in [0.2, 0.25) is 0 Å². The first-order chi connectivity index (χ1) is 8.13. The van der Waals surface area contributed by atoms with E-state index in [2.05, 4.69) is 16.4 Å². The van der Waals surface area contributed by atoms with Crippen LogP contribution < -0.4 is 5.73 Å². The Morgan fingerprint density at radius 1 is 1.24 bits per heavy atom. The average molecular weight is 233 g/mol. The van der Waals surface area contributed by atoms with E-state index in [1.165, 1.54) is 11.1 Å². The summed E-state index contributed by atoms with van der Waals surface area (Å²) in [6.45, 7) is 2.89. The summed E-state index contributed by atoms with van der Waals surface area (Å²) in [4.78, 5) is 0. The van der Waals surface area contributed by atoms with Crippen molar-refractivity contribution in [1.29, 1.82) is 0 Å². The number of aryl methyl sites for hydroxylation is 3. The molecule has 0 aromatic carbocycles. The molecule has 5 heteroatoms. The Hall–Kier alpha value is -1.62. The molecule has 1 unspecified atom stereocenters. The van der Waals surface area contributed by atoms with Gasteiger partial charge in [0, 0.05) is 32.0 Å². The van der Waals surface area contributed by atoms with E-state index in [0.29, 0.717) is 0 Å². The second-order valence-corrected chi connectivity index (χ2v) is 4.57. The Kier molecular flexibility index (Phi) is 3.58. The van der Waals surface area contributed by atoms with Gasteiger partial charge in [-0.3, -0.25) is 9.36 Å². The van der Waals surface area contributed by atoms with Gasteiger partial charge in [0.2, 0.25) is 0 Å². The van der Waals surface area contributed by atoms with Gasteiger partial charge in [-0.05, 0) is 30.9 Å². The van der Waals surface area contributed by atoms with Gasteiger partial charge >= 0.3 is 0 Å². The van der Waals surface area contributed by atoms with Gasteiger partial charge in [0.15, 0.2) is 0 Å². The summed E-state index contributed by atoms with van der Waals surface area (Å²) in [5.74, 6) is 0. The van der Waals surface area contributed by atoms with Crippen molar-refractivity contribution in [2.75, 3.05) is 0 Å². The molecule has 17 heavy (non-hydrogen) atoms. The molecule has 0 fully saturated rings. The molecular weight excluding hydrogens is 214 g/mol. The van der Waals surface area contributed by atoms with Crippen molar-refractivity contribution >= 4 is 0 Å². The highest BCUT2D eigenvalue weighted by molar-refractivity contribution is 5.07. The number of nitrogens with zero attached hydrogens (tertiary/aromatic N) is 4. The molecule has 0 aliphatic heterocycles. The van der Waals surface area contributed by atoms with E-state index in [0.717, 1.165) is 19.4 Å². The predicted octanol–water partition coefficient (Wildman–Crippen LogP) is 0.749. The first-order valence-electron chi connectivity index (χ1n) is 5.88. The molecule has 2 aromatic heterocycles. The minimum atomic E-state index is 0.186. The molecule has 0 saturated heterocycles. The molecule has 0 amide bonds. The summed E-state index contributed by atoms with van der Waals surface area (Å²) in [6, 6.07) is 0.186. The van der Waals surface area contributed by atoms with Crippen LogP contribution in [0.25, 0.3) is 0 Å². The fraction of sp³-hybridized carbons (Fsp3) is 0.500. The van der Waals surface area contributed by atoms with E-state index in [9.17, 15) is 0 Å². The fourth-order valence-electron chi connectivity index (χ4n) is 1.85. The zero-order chi connectivity index (χ0) is 12.3. The van der Waals surface area contributed by atoms with Crippen molar-refractivity contribution in [3.8, 4) is 0 Å². The first kappa shape index (κ1) is 11.9. The van der Waals surface area contributed by atoms with E-state index in [4.69, 9.17) is 5.73 Å². The van der Waals surface area contributed by atoms with Crippen molar-refractivity contribution < 1.29 is 0 Å². The maximum Gasteiger partial charge on any atom is 0.0522 e. The lowest BCUT2D eigenvalue weighted by Gasteiger charge is -2.01. The van der Waals surface area contributed by atoms with Crippen molar-refractivity contribution in [2.45, 2.75) is 32.4 Å². The minimum Gasteiger partial charge on any atom is -0.328 e. The summed E-state index contributed by atoms with van der Waals surface area (Å²) in [7, 11) is 1.93. The van der Waals surface area contributed by atoms with Crippen molar-refractivity contribution in [1.82, 2.24) is 19.6 Å². The van der Waals surface area contributed by atoms with E-state index < -0.39 is 0 Å². The molecule has 1 atom stereocenters. The van der Waals surface area contributed by atoms with Crippen molar-refractivity contribution in [3.63, 3.8) is 0 Å². The van der Waals surface area contributed by atoms with Gasteiger partial charge in [0.1, 0.15) is 0 Å². The van der Waals surface area contributed by atoms with Crippen LogP contribution >= 0.6 is 0 Å². The fourth-order valence-corrected chi connectivity index (χ4v) is 1.85. The third kappa shape index (κ3) is 3.42. The number of rotatable bonds is 5. The summed E-state index contributed by atoms with van der Waals surface area (Å²) < 4.78 is 3.78. The maximum atomic E-state index is 5.75. The summed E-state index contributed by atoms with van der Waals surface area (Å²) in [6.07, 6.45) is 9.73. The van der Waals surface area contributed by atoms with Crippen LogP contribution in [0.5, 0.6) is 0 Å². The predicted molar refractivity (Wildman–Crippen MR) is 66.5 cm³/mol. The van der Waals surface area contributed by atoms with Gasteiger partial charge in [0.25, 0.3) is 0 Å². The summed E-state index contributed by atoms with van der Waals surface area (Å²) >= 11 is 0. The number of hydrogen-bond donors (Lipinski definition) is 1. The van der Waals surface area contributed by atoms with Crippen LogP contribution in [0.4, 0.5) is 0 Å². The largest absolute Gasteiger partial charge is 0.328 e. The highest BCUT2D eigenvalue weighted by Crippen LogP contribution is 2.04. The smallest absolute Gasteiger partial charge is 0.0522 e. The SMILES string of the molecule is CC(N)Cc1cnn(CCc2cnn(C)c2)c1. The second-order valence-electron chi connectivity index (χ2n) is 4.57. The Bertz CT molecular complexity index is 469. The topological polar surface area (TPSA) is 61.7 Å². The lowest BCUT2D eigenvalue weighted by atomic mass is 10.1. The van der Waals surface area contributed by atoms with Crippen LogP contribution in [0.3, 0.4) is 0 Å². The minimum absolute atomic E-state index is 0.186. The molecule has 92 valence electrons. The zero-order valence-corrected chi connectivity index (χ0v) is 10.4. The molecule has 5 nitrogen and oxygen atoms in total. The van der Waals surface area contributed by atoms with Crippen molar-refractivity contribution in [3.05, 3.63) is 35.9 Å². The highest BCUT2D eigenvalue weighted by Gasteiger charge is 2.02. The van der Waals surface area contributed by atoms with Gasteiger partial charge in [-0.2, -0.15) is 10.2 Å². The van der Waals surface area contributed by atoms with Gasteiger partial charge < -0.3 is 5.73 Å². The van der Waals surface area contributed by atoms with Crippen LogP contribution in [0, 0.1) is 0 Å². The highest BCUT2D eigenvalue weighted by atomic mass is 15.3. The zero-order valence-electron chi connectivity index (χ0n) is 10.4. The molecule has 0 aliphatic rings. The Labute approximate surface area is 101 Å². The van der Waals surface area contributed by atoms with Gasteiger partial charge in [0.05, 0.1) is 12.4 Å². The lowest BCUT2D eigenvalue weighted by Crippen LogP contribution is -2.17. The summed E-state index contributed by atoms with van der Waals surface area (Å²) in [5.41, 5.74) is 8.19. The van der Waals surface area contributed by atoms with Crippen LogP contribution in [-0.4, -0.2) is 25.6 Å². The molecular formula is C12H19N5. The van der Waals surface area contributed by atoms with Crippen LogP contribution in [0.1, 0.15) is 18.1 Å². The third-order valence-corrected chi connectivity index (χ3v) is 2.63. The monoisotopic (exact) mass is 233 g/mol. The normalized spacial score (nSPS) is 12.9. The number of aromatic nitrogens is 4. The first-order valence-corrected chi connectivity index (χ1v) is 5.88. The number of nitrogens with two attached hydrogens (primary N) is 1. The Morgan fingerprint density at radius 2 is 2.00 bits per heavy atom. The van der Waals surface area contributed by atoms with Crippen molar-refractivity contribution in [2.24, 2.45) is 12.8 Å². The van der Waals surface area contributed by atoms with E-state index in [-0.39, 0.29) is 6.04 Å². The average Bonchev–Trinajstić information content (AvgIpc) is 2.84. The standard InChI is InChI=1S/C12H19N5/c1-10(13)5-12-7-15-17(9-12)4-3-11-6-14-16(2)8-11/h6-10H,3-5,13H2,1-2H3. The van der Waals surface area contributed by atoms with Gasteiger partial charge in [-0.15, -0.1) is 0 Å². The second kappa shape index (κ2) is 5.14. The van der Waals surface area contributed by atoms with Crippen LogP contribution in [0.15, 0.2) is 24.8 Å². The van der Waals surface area contributed by atoms with Crippen LogP contribution in [-0.2, 0) is 26.4 Å². The molecule has 2 N–H and O–H groups in total. The number of hydrogen-bond acceptors (Lipinski definition) is 3.